The summed E-state index contributed by atoms with van der Waals surface area (Å²) in [6.45, 7) is 0. The fraction of sp³-hybridized carbons (Fsp3) is 0. The van der Waals surface area contributed by atoms with E-state index >= 15 is 0 Å². The number of aromatic carboxylic acids is 1. The van der Waals surface area contributed by atoms with Crippen LogP contribution >= 0.6 is 22.6 Å². The molecule has 0 aromatic carbocycles. The van der Waals surface area contributed by atoms with Crippen molar-refractivity contribution in [3.8, 4) is 0 Å². The largest absolute Gasteiger partial charge is 0.478 e. The zero-order valence-corrected chi connectivity index (χ0v) is 8.46. The molecule has 0 amide bonds. The van der Waals surface area contributed by atoms with Gasteiger partial charge in [-0.2, -0.15) is 0 Å². The standard InChI is InChI=1S/C7H4IN3O2/c8-4-1-5(7(12)13)6-10-9-3-11(6)2-4/h1-3H,(H,12,13). The normalized spacial score (nSPS) is 10.5. The van der Waals surface area contributed by atoms with E-state index in [1.54, 1.807) is 16.7 Å². The van der Waals surface area contributed by atoms with E-state index in [2.05, 4.69) is 10.2 Å². The fourth-order valence-electron chi connectivity index (χ4n) is 1.06. The Hall–Kier alpha value is -1.18. The van der Waals surface area contributed by atoms with Gasteiger partial charge >= 0.3 is 5.97 Å². The molecule has 2 rings (SSSR count). The van der Waals surface area contributed by atoms with Gasteiger partial charge in [0.15, 0.2) is 5.65 Å². The van der Waals surface area contributed by atoms with Crippen LogP contribution in [0.2, 0.25) is 0 Å². The van der Waals surface area contributed by atoms with E-state index < -0.39 is 5.97 Å². The molecule has 66 valence electrons. The summed E-state index contributed by atoms with van der Waals surface area (Å²) in [4.78, 5) is 10.8. The molecule has 2 aromatic rings. The summed E-state index contributed by atoms with van der Waals surface area (Å²) in [5, 5.41) is 16.2. The SMILES string of the molecule is O=C(O)c1cc(I)cn2cnnc12. The Morgan fingerprint density at radius 3 is 3.08 bits per heavy atom. The first-order chi connectivity index (χ1) is 6.18. The van der Waals surface area contributed by atoms with Crippen LogP contribution in [0.4, 0.5) is 0 Å². The van der Waals surface area contributed by atoms with Crippen LogP contribution in [-0.4, -0.2) is 25.7 Å². The van der Waals surface area contributed by atoms with Crippen LogP contribution < -0.4 is 0 Å². The third kappa shape index (κ3) is 1.37. The molecule has 0 fully saturated rings. The summed E-state index contributed by atoms with van der Waals surface area (Å²) >= 11 is 2.04. The van der Waals surface area contributed by atoms with E-state index in [9.17, 15) is 4.79 Å². The van der Waals surface area contributed by atoms with Gasteiger partial charge in [-0.3, -0.25) is 4.40 Å². The Kier molecular flexibility index (Phi) is 1.91. The molecule has 0 aliphatic rings. The summed E-state index contributed by atoms with van der Waals surface area (Å²) in [6, 6.07) is 1.56. The van der Waals surface area contributed by atoms with Crippen molar-refractivity contribution in [1.82, 2.24) is 14.6 Å². The number of hydrogen-bond acceptors (Lipinski definition) is 3. The van der Waals surface area contributed by atoms with Crippen LogP contribution in [0.5, 0.6) is 0 Å². The van der Waals surface area contributed by atoms with Gasteiger partial charge < -0.3 is 5.11 Å². The van der Waals surface area contributed by atoms with Crippen LogP contribution in [0.1, 0.15) is 10.4 Å². The molecule has 0 unspecified atom stereocenters. The molecule has 0 bridgehead atoms. The third-order valence-corrected chi connectivity index (χ3v) is 2.18. The topological polar surface area (TPSA) is 67.5 Å². The zero-order chi connectivity index (χ0) is 9.42. The van der Waals surface area contributed by atoms with Crippen molar-refractivity contribution in [2.24, 2.45) is 0 Å². The first-order valence-electron chi connectivity index (χ1n) is 3.40. The molecule has 0 saturated heterocycles. The summed E-state index contributed by atoms with van der Waals surface area (Å²) in [6.07, 6.45) is 3.24. The first kappa shape index (κ1) is 8.42. The van der Waals surface area contributed by atoms with E-state index in [1.165, 1.54) is 6.33 Å². The number of hydrogen-bond donors (Lipinski definition) is 1. The lowest BCUT2D eigenvalue weighted by atomic mass is 10.3. The molecular formula is C7H4IN3O2. The second-order valence-electron chi connectivity index (χ2n) is 2.44. The van der Waals surface area contributed by atoms with E-state index in [-0.39, 0.29) is 5.56 Å². The third-order valence-electron chi connectivity index (χ3n) is 1.59. The molecule has 0 aliphatic carbocycles. The van der Waals surface area contributed by atoms with Gasteiger partial charge in [-0.25, -0.2) is 4.79 Å². The maximum Gasteiger partial charge on any atom is 0.339 e. The van der Waals surface area contributed by atoms with Gasteiger partial charge in [0.05, 0.1) is 0 Å². The Labute approximate surface area is 86.5 Å². The summed E-state index contributed by atoms with van der Waals surface area (Å²) in [7, 11) is 0. The van der Waals surface area contributed by atoms with Crippen LogP contribution in [0.25, 0.3) is 5.65 Å². The van der Waals surface area contributed by atoms with E-state index in [4.69, 9.17) is 5.11 Å². The predicted octanol–water partition coefficient (Wildman–Crippen LogP) is 1.03. The Morgan fingerprint density at radius 2 is 2.38 bits per heavy atom. The number of carboxylic acid groups (broad SMARTS) is 1. The minimum absolute atomic E-state index is 0.171. The highest BCUT2D eigenvalue weighted by Gasteiger charge is 2.11. The highest BCUT2D eigenvalue weighted by molar-refractivity contribution is 14.1. The summed E-state index contributed by atoms with van der Waals surface area (Å²) in [5.74, 6) is -0.989. The van der Waals surface area contributed by atoms with Crippen LogP contribution in [-0.2, 0) is 0 Å². The highest BCUT2D eigenvalue weighted by Crippen LogP contribution is 2.12. The lowest BCUT2D eigenvalue weighted by Gasteiger charge is -1.98. The van der Waals surface area contributed by atoms with Gasteiger partial charge in [-0.1, -0.05) is 0 Å². The van der Waals surface area contributed by atoms with Gasteiger partial charge in [-0.05, 0) is 28.7 Å². The molecule has 0 spiro atoms. The number of aromatic nitrogens is 3. The van der Waals surface area contributed by atoms with E-state index in [0.717, 1.165) is 3.57 Å². The van der Waals surface area contributed by atoms with Crippen LogP contribution in [0, 0.1) is 3.57 Å². The van der Waals surface area contributed by atoms with Gasteiger partial charge in [0, 0.05) is 9.77 Å². The molecule has 1 N–H and O–H groups in total. The Balaban J connectivity index is 2.84. The number of rotatable bonds is 1. The number of pyridine rings is 1. The average Bonchev–Trinajstić information content (AvgIpc) is 2.49. The lowest BCUT2D eigenvalue weighted by molar-refractivity contribution is 0.0698. The smallest absolute Gasteiger partial charge is 0.339 e. The van der Waals surface area contributed by atoms with Crippen molar-refractivity contribution in [3.05, 3.63) is 27.7 Å². The summed E-state index contributed by atoms with van der Waals surface area (Å²) < 4.78 is 2.42. The highest BCUT2D eigenvalue weighted by atomic mass is 127. The van der Waals surface area contributed by atoms with Crippen molar-refractivity contribution in [2.75, 3.05) is 0 Å². The van der Waals surface area contributed by atoms with Crippen molar-refractivity contribution < 1.29 is 9.90 Å². The van der Waals surface area contributed by atoms with Crippen molar-refractivity contribution in [1.29, 1.82) is 0 Å². The first-order valence-corrected chi connectivity index (χ1v) is 4.48. The second kappa shape index (κ2) is 2.95. The lowest BCUT2D eigenvalue weighted by Crippen LogP contribution is -2.01. The van der Waals surface area contributed by atoms with E-state index in [1.807, 2.05) is 22.6 Å². The number of carboxylic acids is 1. The molecule has 13 heavy (non-hydrogen) atoms. The molecular weight excluding hydrogens is 285 g/mol. The molecule has 5 nitrogen and oxygen atoms in total. The van der Waals surface area contributed by atoms with Crippen LogP contribution in [0.15, 0.2) is 18.6 Å². The molecule has 0 atom stereocenters. The quantitative estimate of drug-likeness (QED) is 0.796. The van der Waals surface area contributed by atoms with Gasteiger partial charge in [-0.15, -0.1) is 10.2 Å². The monoisotopic (exact) mass is 289 g/mol. The fourth-order valence-corrected chi connectivity index (χ4v) is 1.67. The van der Waals surface area contributed by atoms with E-state index in [0.29, 0.717) is 5.65 Å². The van der Waals surface area contributed by atoms with Crippen molar-refractivity contribution >= 4 is 34.2 Å². The predicted molar refractivity (Wildman–Crippen MR) is 52.7 cm³/mol. The molecule has 6 heteroatoms. The molecule has 2 aromatic heterocycles. The minimum Gasteiger partial charge on any atom is -0.478 e. The maximum absolute atomic E-state index is 10.8. The summed E-state index contributed by atoms with van der Waals surface area (Å²) in [5.41, 5.74) is 0.539. The van der Waals surface area contributed by atoms with Gasteiger partial charge in [0.2, 0.25) is 0 Å². The number of nitrogens with zero attached hydrogens (tertiary/aromatic N) is 3. The average molecular weight is 289 g/mol. The van der Waals surface area contributed by atoms with Gasteiger partial charge in [0.25, 0.3) is 0 Å². The maximum atomic E-state index is 10.8. The molecule has 0 aliphatic heterocycles. The Bertz CT molecular complexity index is 480. The number of halogens is 1. The molecule has 0 radical (unpaired) electrons. The Morgan fingerprint density at radius 1 is 1.62 bits per heavy atom. The zero-order valence-electron chi connectivity index (χ0n) is 6.31. The molecule has 2 heterocycles. The molecule has 0 saturated carbocycles. The van der Waals surface area contributed by atoms with Crippen molar-refractivity contribution in [2.45, 2.75) is 0 Å². The minimum atomic E-state index is -0.989. The van der Waals surface area contributed by atoms with Gasteiger partial charge in [0.1, 0.15) is 11.9 Å². The number of fused-ring (bicyclic) bond motifs is 1. The second-order valence-corrected chi connectivity index (χ2v) is 3.68. The van der Waals surface area contributed by atoms with Crippen molar-refractivity contribution in [3.63, 3.8) is 0 Å². The van der Waals surface area contributed by atoms with Crippen LogP contribution in [0.3, 0.4) is 0 Å². The number of carbonyl (C=O) groups is 1.